The summed E-state index contributed by atoms with van der Waals surface area (Å²) in [4.78, 5) is 7.79. The molecule has 1 spiro atoms. The molecular weight excluding hydrogens is 214 g/mol. The van der Waals surface area contributed by atoms with Crippen LogP contribution in [-0.2, 0) is 0 Å². The van der Waals surface area contributed by atoms with E-state index in [9.17, 15) is 0 Å². The third-order valence-electron chi connectivity index (χ3n) is 3.74. The van der Waals surface area contributed by atoms with Gasteiger partial charge in [-0.15, -0.1) is 0 Å². The normalized spacial score (nSPS) is 31.9. The summed E-state index contributed by atoms with van der Waals surface area (Å²) in [7, 11) is 0. The molecule has 3 N–H and O–H groups in total. The van der Waals surface area contributed by atoms with E-state index in [0.717, 1.165) is 19.3 Å². The van der Waals surface area contributed by atoms with Crippen LogP contribution in [0.25, 0.3) is 0 Å². The van der Waals surface area contributed by atoms with Gasteiger partial charge >= 0.3 is 0 Å². The second kappa shape index (κ2) is 4.18. The van der Waals surface area contributed by atoms with E-state index in [0.29, 0.717) is 17.5 Å². The summed E-state index contributed by atoms with van der Waals surface area (Å²) >= 11 is 0. The van der Waals surface area contributed by atoms with Crippen LogP contribution in [0, 0.1) is 34.5 Å². The summed E-state index contributed by atoms with van der Waals surface area (Å²) in [6, 6.07) is 3.86. The van der Waals surface area contributed by atoms with Gasteiger partial charge in [0, 0.05) is 12.3 Å². The highest BCUT2D eigenvalue weighted by Gasteiger charge is 2.46. The Bertz CT molecular complexity index is 450. The number of hydrogen-bond acceptors (Lipinski definition) is 4. The molecule has 0 amide bonds. The highest BCUT2D eigenvalue weighted by atomic mass is 15.2. The molecule has 1 aliphatic heterocycles. The maximum atomic E-state index is 8.91. The fraction of sp³-hybridized carbons (Fsp3) is 0.667. The lowest BCUT2D eigenvalue weighted by Crippen LogP contribution is -2.88. The summed E-state index contributed by atoms with van der Waals surface area (Å²) < 4.78 is 0. The van der Waals surface area contributed by atoms with Crippen LogP contribution in [0.5, 0.6) is 0 Å². The molecule has 0 radical (unpaired) electrons. The fourth-order valence-corrected chi connectivity index (χ4v) is 2.65. The van der Waals surface area contributed by atoms with Gasteiger partial charge in [0.15, 0.2) is 17.3 Å². The molecule has 2 atom stereocenters. The molecule has 88 valence electrons. The predicted octanol–water partition coefficient (Wildman–Crippen LogP) is -0.551. The zero-order valence-corrected chi connectivity index (χ0v) is 9.90. The monoisotopic (exact) mass is 230 g/mol. The quantitative estimate of drug-likeness (QED) is 0.632. The molecule has 2 aliphatic rings. The van der Waals surface area contributed by atoms with Crippen LogP contribution in [0.3, 0.4) is 0 Å². The third-order valence-corrected chi connectivity index (χ3v) is 3.74. The highest BCUT2D eigenvalue weighted by molar-refractivity contribution is 6.41. The van der Waals surface area contributed by atoms with Crippen LogP contribution in [-0.4, -0.2) is 17.2 Å². The van der Waals surface area contributed by atoms with Gasteiger partial charge in [-0.05, 0) is 12.8 Å². The number of nitriles is 2. The molecule has 1 heterocycles. The number of amidine groups is 1. The van der Waals surface area contributed by atoms with E-state index >= 15 is 0 Å². The highest BCUT2D eigenvalue weighted by Crippen LogP contribution is 2.32. The molecular formula is C12H16N5+. The Hall–Kier alpha value is -1.88. The maximum Gasteiger partial charge on any atom is 0.291 e. The number of nitrogens with one attached hydrogen (secondary N) is 1. The zero-order valence-electron chi connectivity index (χ0n) is 9.90. The van der Waals surface area contributed by atoms with Crippen molar-refractivity contribution >= 4 is 11.5 Å². The third kappa shape index (κ3) is 1.78. The van der Waals surface area contributed by atoms with Crippen molar-refractivity contribution < 1.29 is 4.99 Å². The van der Waals surface area contributed by atoms with Crippen molar-refractivity contribution in [2.75, 3.05) is 0 Å². The first-order valence-corrected chi connectivity index (χ1v) is 5.93. The van der Waals surface area contributed by atoms with Gasteiger partial charge in [-0.2, -0.15) is 10.5 Å². The first kappa shape index (κ1) is 11.6. The first-order chi connectivity index (χ1) is 8.13. The minimum Gasteiger partial charge on any atom is -0.286 e. The van der Waals surface area contributed by atoms with Gasteiger partial charge in [0.2, 0.25) is 0 Å². The molecule has 5 nitrogen and oxygen atoms in total. The largest absolute Gasteiger partial charge is 0.291 e. The van der Waals surface area contributed by atoms with Gasteiger partial charge in [-0.3, -0.25) is 5.73 Å². The van der Waals surface area contributed by atoms with Crippen molar-refractivity contribution in [3.8, 4) is 12.1 Å². The Kier molecular flexibility index (Phi) is 2.85. The van der Waals surface area contributed by atoms with Gasteiger partial charge < -0.3 is 0 Å². The van der Waals surface area contributed by atoms with Crippen molar-refractivity contribution in [1.82, 2.24) is 0 Å². The van der Waals surface area contributed by atoms with Crippen molar-refractivity contribution in [3.63, 3.8) is 0 Å². The van der Waals surface area contributed by atoms with Crippen LogP contribution in [0.4, 0.5) is 0 Å². The van der Waals surface area contributed by atoms with Crippen molar-refractivity contribution in [3.05, 3.63) is 0 Å². The molecule has 0 unspecified atom stereocenters. The minimum absolute atomic E-state index is 0.371. The van der Waals surface area contributed by atoms with Gasteiger partial charge in [0.1, 0.15) is 0 Å². The minimum atomic E-state index is -0.865. The van der Waals surface area contributed by atoms with Gasteiger partial charge in [-0.25, -0.2) is 9.98 Å². The Morgan fingerprint density at radius 1 is 1.47 bits per heavy atom. The van der Waals surface area contributed by atoms with Crippen molar-refractivity contribution in [1.29, 1.82) is 10.5 Å². The second-order valence-corrected chi connectivity index (χ2v) is 4.80. The summed E-state index contributed by atoms with van der Waals surface area (Å²) in [6.45, 7) is 2.14. The number of nitrogens with zero attached hydrogens (tertiary/aromatic N) is 3. The number of hydrogen-bond donors (Lipinski definition) is 2. The fourth-order valence-electron chi connectivity index (χ4n) is 2.65. The van der Waals surface area contributed by atoms with E-state index < -0.39 is 5.92 Å². The molecule has 0 aromatic carbocycles. The molecule has 0 aromatic heterocycles. The molecule has 17 heavy (non-hydrogen) atoms. The molecule has 1 saturated carbocycles. The van der Waals surface area contributed by atoms with Gasteiger partial charge in [-0.1, -0.05) is 13.3 Å². The van der Waals surface area contributed by atoms with Crippen molar-refractivity contribution in [2.24, 2.45) is 22.6 Å². The maximum absolute atomic E-state index is 8.91. The Balaban J connectivity index is 2.37. The van der Waals surface area contributed by atoms with Crippen LogP contribution < -0.4 is 10.7 Å². The van der Waals surface area contributed by atoms with Crippen molar-refractivity contribution in [2.45, 2.75) is 38.3 Å². The number of nitrogens with two attached hydrogens (primary N) is 1. The average molecular weight is 230 g/mol. The van der Waals surface area contributed by atoms with E-state index in [1.807, 2.05) is 12.1 Å². The second-order valence-electron chi connectivity index (χ2n) is 4.80. The van der Waals surface area contributed by atoms with Gasteiger partial charge in [0.25, 0.3) is 5.84 Å². The molecule has 5 heteroatoms. The summed E-state index contributed by atoms with van der Waals surface area (Å²) in [6.07, 6.45) is 4.32. The Labute approximate surface area is 101 Å². The van der Waals surface area contributed by atoms with Crippen LogP contribution in [0.2, 0.25) is 0 Å². The summed E-state index contributed by atoms with van der Waals surface area (Å²) in [5.41, 5.74) is 5.92. The molecule has 2 rings (SSSR count). The smallest absolute Gasteiger partial charge is 0.286 e. The molecule has 0 bridgehead atoms. The van der Waals surface area contributed by atoms with Crippen LogP contribution in [0.15, 0.2) is 4.99 Å². The molecule has 1 fully saturated rings. The summed E-state index contributed by atoms with van der Waals surface area (Å²) in [5, 5.41) is 17.8. The topological polar surface area (TPSA) is 99.9 Å². The van der Waals surface area contributed by atoms with Crippen LogP contribution >= 0.6 is 0 Å². The average Bonchev–Trinajstić information content (AvgIpc) is 2.64. The molecule has 1 aliphatic carbocycles. The zero-order chi connectivity index (χ0) is 12.5. The first-order valence-electron chi connectivity index (χ1n) is 5.93. The summed E-state index contributed by atoms with van der Waals surface area (Å²) in [5.74, 6) is -0.0896. The van der Waals surface area contributed by atoms with Crippen LogP contribution in [0.1, 0.15) is 32.6 Å². The lowest BCUT2D eigenvalue weighted by molar-refractivity contribution is -0.562. The number of rotatable bonds is 1. The lowest BCUT2D eigenvalue weighted by atomic mass is 9.81. The SMILES string of the molecule is C[C@H]1CCCC[C@@]12N=C(C(C#N)C#N)C(N)=[NH+]2. The van der Waals surface area contributed by atoms with E-state index in [1.165, 1.54) is 6.42 Å². The lowest BCUT2D eigenvalue weighted by Gasteiger charge is -2.32. The molecule has 0 saturated heterocycles. The van der Waals surface area contributed by atoms with E-state index in [2.05, 4.69) is 16.9 Å². The van der Waals surface area contributed by atoms with E-state index in [4.69, 9.17) is 16.3 Å². The Morgan fingerprint density at radius 3 is 2.76 bits per heavy atom. The van der Waals surface area contributed by atoms with E-state index in [1.54, 1.807) is 0 Å². The Morgan fingerprint density at radius 2 is 2.18 bits per heavy atom. The standard InChI is InChI=1S/C12H15N5/c1-8-4-2-3-5-12(8)16-10(11(15)17-12)9(6-13)7-14/h8-9H,2-5H2,1H3,(H2,15,17)/p+1/t8-,12-/m0/s1. The predicted molar refractivity (Wildman–Crippen MR) is 62.7 cm³/mol. The molecule has 0 aromatic rings. The number of aliphatic imine (C=N–C) groups is 1. The van der Waals surface area contributed by atoms with E-state index in [-0.39, 0.29) is 5.66 Å². The van der Waals surface area contributed by atoms with Gasteiger partial charge in [0.05, 0.1) is 12.1 Å².